The minimum atomic E-state index is -1.94. The Hall–Kier alpha value is -1.30. The van der Waals surface area contributed by atoms with Crippen LogP contribution in [0.3, 0.4) is 0 Å². The summed E-state index contributed by atoms with van der Waals surface area (Å²) in [5.74, 6) is 2.03. The molecular weight excluding hydrogens is 404 g/mol. The molecule has 0 unspecified atom stereocenters. The predicted octanol–water partition coefficient (Wildman–Crippen LogP) is 7.10. The van der Waals surface area contributed by atoms with Crippen LogP contribution in [0.5, 0.6) is 5.75 Å². The van der Waals surface area contributed by atoms with Gasteiger partial charge >= 0.3 is 0 Å². The summed E-state index contributed by atoms with van der Waals surface area (Å²) < 4.78 is 24.4. The molecular formula is C26H44O4Si. The molecule has 0 aliphatic carbocycles. The molecule has 1 aromatic rings. The minimum Gasteiger partial charge on any atom is -0.497 e. The highest BCUT2D eigenvalue weighted by atomic mass is 28.4. The first kappa shape index (κ1) is 26.0. The average Bonchev–Trinajstić information content (AvgIpc) is 2.71. The zero-order valence-corrected chi connectivity index (χ0v) is 21.9. The molecule has 5 heteroatoms. The number of benzene rings is 1. The second kappa shape index (κ2) is 11.5. The molecule has 1 fully saturated rings. The van der Waals surface area contributed by atoms with E-state index in [1.165, 1.54) is 0 Å². The number of hydrogen-bond donors (Lipinski definition) is 0. The van der Waals surface area contributed by atoms with Crippen molar-refractivity contribution in [2.24, 2.45) is 5.92 Å². The highest BCUT2D eigenvalue weighted by molar-refractivity contribution is 6.77. The first-order valence-electron chi connectivity index (χ1n) is 11.8. The van der Waals surface area contributed by atoms with E-state index in [1.807, 2.05) is 24.3 Å². The molecule has 31 heavy (non-hydrogen) atoms. The van der Waals surface area contributed by atoms with Crippen molar-refractivity contribution in [1.82, 2.24) is 0 Å². The molecule has 0 saturated carbocycles. The topological polar surface area (TPSA) is 36.9 Å². The van der Waals surface area contributed by atoms with Crippen LogP contribution in [0.1, 0.15) is 66.9 Å². The summed E-state index contributed by atoms with van der Waals surface area (Å²) in [6, 6.07) is 8.01. The lowest BCUT2D eigenvalue weighted by Gasteiger charge is -2.48. The van der Waals surface area contributed by atoms with Gasteiger partial charge in [-0.05, 0) is 34.3 Å². The Labute approximate surface area is 191 Å². The lowest BCUT2D eigenvalue weighted by atomic mass is 9.90. The lowest BCUT2D eigenvalue weighted by Crippen LogP contribution is -2.53. The van der Waals surface area contributed by atoms with Crippen LogP contribution < -0.4 is 4.74 Å². The monoisotopic (exact) mass is 448 g/mol. The smallest absolute Gasteiger partial charge is 0.200 e. The fraction of sp³-hybridized carbons (Fsp3) is 0.692. The molecule has 4 nitrogen and oxygen atoms in total. The Morgan fingerprint density at radius 2 is 1.61 bits per heavy atom. The summed E-state index contributed by atoms with van der Waals surface area (Å²) in [4.78, 5) is 0. The van der Waals surface area contributed by atoms with Crippen molar-refractivity contribution in [3.8, 4) is 5.75 Å². The Morgan fingerprint density at radius 1 is 1.03 bits per heavy atom. The Balaban J connectivity index is 1.97. The van der Waals surface area contributed by atoms with E-state index in [4.69, 9.17) is 18.6 Å². The Morgan fingerprint density at radius 3 is 2.13 bits per heavy atom. The number of rotatable bonds is 11. The third-order valence-electron chi connectivity index (χ3n) is 6.96. The van der Waals surface area contributed by atoms with Crippen LogP contribution in [0.4, 0.5) is 0 Å². The van der Waals surface area contributed by atoms with Gasteiger partial charge in [0.05, 0.1) is 32.2 Å². The number of ether oxygens (including phenoxy) is 3. The molecule has 2 rings (SSSR count). The molecule has 0 spiro atoms. The molecule has 1 heterocycles. The van der Waals surface area contributed by atoms with Crippen LogP contribution in [-0.2, 0) is 20.5 Å². The molecule has 1 aromatic carbocycles. The molecule has 0 aromatic heterocycles. The zero-order chi connectivity index (χ0) is 23.2. The van der Waals surface area contributed by atoms with E-state index in [1.54, 1.807) is 7.11 Å². The molecule has 0 radical (unpaired) electrons. The van der Waals surface area contributed by atoms with E-state index in [9.17, 15) is 0 Å². The van der Waals surface area contributed by atoms with Crippen LogP contribution in [0.15, 0.2) is 36.6 Å². The lowest BCUT2D eigenvalue weighted by molar-refractivity contribution is -0.0559. The standard InChI is InChI=1S/C26H44O4Si/c1-18(2)31(19(3)4,20(5)6)30-26-16-21(7)29-25(22(26)8)14-15-28-17-23-10-12-24(27-9)13-11-23/h10-13,18-20,22,25-26H,7,14-17H2,1-6,8-9H3/t22-,25-,26-/m0/s1. The van der Waals surface area contributed by atoms with Gasteiger partial charge in [-0.15, -0.1) is 0 Å². The van der Waals surface area contributed by atoms with Crippen LogP contribution in [0.25, 0.3) is 0 Å². The normalized spacial score (nSPS) is 22.3. The van der Waals surface area contributed by atoms with Crippen LogP contribution in [-0.4, -0.2) is 34.2 Å². The third kappa shape index (κ3) is 6.36. The van der Waals surface area contributed by atoms with Gasteiger partial charge in [0.2, 0.25) is 8.32 Å². The summed E-state index contributed by atoms with van der Waals surface area (Å²) >= 11 is 0. The van der Waals surface area contributed by atoms with Gasteiger partial charge in [-0.1, -0.05) is 67.2 Å². The first-order valence-corrected chi connectivity index (χ1v) is 14.0. The van der Waals surface area contributed by atoms with Crippen molar-refractivity contribution < 1.29 is 18.6 Å². The first-order chi connectivity index (χ1) is 14.6. The van der Waals surface area contributed by atoms with E-state index in [0.717, 1.165) is 29.9 Å². The highest BCUT2D eigenvalue weighted by Gasteiger charge is 2.48. The summed E-state index contributed by atoms with van der Waals surface area (Å²) in [5, 5.41) is 0. The van der Waals surface area contributed by atoms with Crippen LogP contribution >= 0.6 is 0 Å². The maximum atomic E-state index is 7.12. The Bertz CT molecular complexity index is 661. The van der Waals surface area contributed by atoms with Crippen molar-refractivity contribution in [3.63, 3.8) is 0 Å². The quantitative estimate of drug-likeness (QED) is 0.267. The molecule has 0 bridgehead atoms. The average molecular weight is 449 g/mol. The van der Waals surface area contributed by atoms with Crippen LogP contribution in [0.2, 0.25) is 16.6 Å². The molecule has 0 N–H and O–H groups in total. The van der Waals surface area contributed by atoms with E-state index in [-0.39, 0.29) is 12.2 Å². The summed E-state index contributed by atoms with van der Waals surface area (Å²) in [5.41, 5.74) is 2.86. The van der Waals surface area contributed by atoms with Gasteiger partial charge in [0.1, 0.15) is 11.9 Å². The number of hydrogen-bond acceptors (Lipinski definition) is 4. The SMILES string of the molecule is C=C1C[C@H](O[Si](C(C)C)(C(C)C)C(C)C)[C@@H](C)[C@H](CCOCc2ccc(OC)cc2)O1. The van der Waals surface area contributed by atoms with Gasteiger partial charge in [0, 0.05) is 18.8 Å². The van der Waals surface area contributed by atoms with Gasteiger partial charge in [-0.25, -0.2) is 0 Å². The van der Waals surface area contributed by atoms with Crippen LogP contribution in [0, 0.1) is 5.92 Å². The fourth-order valence-corrected chi connectivity index (χ4v) is 10.9. The van der Waals surface area contributed by atoms with E-state index >= 15 is 0 Å². The van der Waals surface area contributed by atoms with Crippen molar-refractivity contribution in [1.29, 1.82) is 0 Å². The summed E-state index contributed by atoms with van der Waals surface area (Å²) in [7, 11) is -0.266. The fourth-order valence-electron chi connectivity index (χ4n) is 5.27. The number of methoxy groups -OCH3 is 1. The van der Waals surface area contributed by atoms with Crippen molar-refractivity contribution in [3.05, 3.63) is 42.2 Å². The maximum absolute atomic E-state index is 7.12. The van der Waals surface area contributed by atoms with Crippen molar-refractivity contribution >= 4 is 8.32 Å². The van der Waals surface area contributed by atoms with E-state index in [0.29, 0.717) is 35.8 Å². The van der Waals surface area contributed by atoms with Gasteiger partial charge in [0.25, 0.3) is 0 Å². The molecule has 0 amide bonds. The molecule has 1 aliphatic heterocycles. The second-order valence-electron chi connectivity index (χ2n) is 9.92. The summed E-state index contributed by atoms with van der Waals surface area (Å²) in [6.07, 6.45) is 1.90. The predicted molar refractivity (Wildman–Crippen MR) is 131 cm³/mol. The van der Waals surface area contributed by atoms with Gasteiger partial charge < -0.3 is 18.6 Å². The maximum Gasteiger partial charge on any atom is 0.200 e. The zero-order valence-electron chi connectivity index (χ0n) is 20.9. The molecule has 176 valence electrons. The van der Waals surface area contributed by atoms with E-state index < -0.39 is 8.32 Å². The summed E-state index contributed by atoms with van der Waals surface area (Å²) in [6.45, 7) is 21.7. The van der Waals surface area contributed by atoms with Gasteiger partial charge in [0.15, 0.2) is 0 Å². The van der Waals surface area contributed by atoms with Gasteiger partial charge in [-0.2, -0.15) is 0 Å². The highest BCUT2D eigenvalue weighted by Crippen LogP contribution is 2.45. The Kier molecular flexibility index (Phi) is 9.65. The molecule has 3 atom stereocenters. The van der Waals surface area contributed by atoms with Crippen molar-refractivity contribution in [2.45, 2.75) is 96.7 Å². The largest absolute Gasteiger partial charge is 0.497 e. The third-order valence-corrected chi connectivity index (χ3v) is 13.1. The minimum absolute atomic E-state index is 0.0836. The molecule has 1 aliphatic rings. The van der Waals surface area contributed by atoms with E-state index in [2.05, 4.69) is 55.0 Å². The van der Waals surface area contributed by atoms with Crippen molar-refractivity contribution in [2.75, 3.05) is 13.7 Å². The second-order valence-corrected chi connectivity index (χ2v) is 15.3. The van der Waals surface area contributed by atoms with Gasteiger partial charge in [-0.3, -0.25) is 0 Å². The molecule has 1 saturated heterocycles.